The van der Waals surface area contributed by atoms with Crippen LogP contribution in [0.5, 0.6) is 0 Å². The molecule has 0 saturated heterocycles. The van der Waals surface area contributed by atoms with E-state index in [2.05, 4.69) is 0 Å². The van der Waals surface area contributed by atoms with Gasteiger partial charge < -0.3 is 8.83 Å². The first-order valence-corrected chi connectivity index (χ1v) is 7.38. The molecule has 0 bridgehead atoms. The number of ketones is 2. The quantitative estimate of drug-likeness (QED) is 0.780. The lowest BCUT2D eigenvalue weighted by Gasteiger charge is -2.27. The molecule has 0 aliphatic heterocycles. The van der Waals surface area contributed by atoms with E-state index in [0.29, 0.717) is 12.2 Å². The van der Waals surface area contributed by atoms with E-state index in [9.17, 15) is 9.59 Å². The van der Waals surface area contributed by atoms with Crippen LogP contribution in [0.15, 0.2) is 45.6 Å². The zero-order valence-corrected chi connectivity index (χ0v) is 11.8. The summed E-state index contributed by atoms with van der Waals surface area (Å²) in [6, 6.07) is 7.00. The molecule has 0 aromatic carbocycles. The van der Waals surface area contributed by atoms with E-state index < -0.39 is 0 Å². The molecule has 2 aromatic rings. The minimum atomic E-state index is -0.189. The van der Waals surface area contributed by atoms with Gasteiger partial charge in [-0.1, -0.05) is 6.42 Å². The summed E-state index contributed by atoms with van der Waals surface area (Å²) in [5, 5.41) is 0. The molecular weight excluding hydrogens is 268 g/mol. The first-order valence-electron chi connectivity index (χ1n) is 7.38. The monoisotopic (exact) mass is 286 g/mol. The Morgan fingerprint density at radius 2 is 2.00 bits per heavy atom. The summed E-state index contributed by atoms with van der Waals surface area (Å²) in [7, 11) is 0. The van der Waals surface area contributed by atoms with Crippen molar-refractivity contribution >= 4 is 11.6 Å². The molecule has 0 unspecified atom stereocenters. The van der Waals surface area contributed by atoms with Gasteiger partial charge in [-0.3, -0.25) is 9.59 Å². The van der Waals surface area contributed by atoms with Gasteiger partial charge in [-0.15, -0.1) is 0 Å². The van der Waals surface area contributed by atoms with E-state index in [1.165, 1.54) is 6.26 Å². The van der Waals surface area contributed by atoms with Crippen LogP contribution in [-0.4, -0.2) is 11.6 Å². The highest BCUT2D eigenvalue weighted by molar-refractivity contribution is 5.94. The molecule has 2 atom stereocenters. The zero-order chi connectivity index (χ0) is 14.7. The molecule has 4 heteroatoms. The first kappa shape index (κ1) is 13.9. The van der Waals surface area contributed by atoms with E-state index in [4.69, 9.17) is 8.83 Å². The average Bonchev–Trinajstić information content (AvgIpc) is 3.18. The third-order valence-corrected chi connectivity index (χ3v) is 4.20. The van der Waals surface area contributed by atoms with Gasteiger partial charge in [0.1, 0.15) is 11.5 Å². The maximum absolute atomic E-state index is 12.3. The molecule has 0 amide bonds. The average molecular weight is 286 g/mol. The molecule has 4 nitrogen and oxygen atoms in total. The van der Waals surface area contributed by atoms with E-state index in [-0.39, 0.29) is 29.8 Å². The Hall–Kier alpha value is -2.10. The van der Waals surface area contributed by atoms with Gasteiger partial charge in [0.15, 0.2) is 11.5 Å². The third-order valence-electron chi connectivity index (χ3n) is 4.20. The number of furan rings is 2. The van der Waals surface area contributed by atoms with Crippen LogP contribution in [0.2, 0.25) is 0 Å². The summed E-state index contributed by atoms with van der Waals surface area (Å²) >= 11 is 0. The fourth-order valence-corrected chi connectivity index (χ4v) is 3.12. The number of rotatable bonds is 5. The molecule has 21 heavy (non-hydrogen) atoms. The Bertz CT molecular complexity index is 595. The Balaban J connectivity index is 1.83. The highest BCUT2D eigenvalue weighted by atomic mass is 16.3. The summed E-state index contributed by atoms with van der Waals surface area (Å²) in [5.41, 5.74) is 0. The molecular formula is C17H18O4. The predicted molar refractivity (Wildman–Crippen MR) is 76.1 cm³/mol. The van der Waals surface area contributed by atoms with Gasteiger partial charge in [-0.05, 0) is 37.1 Å². The standard InChI is InChI=1S/C17H18O4/c18-14-6-2-1-5-12(14)13(16-7-3-9-20-16)11-15(19)17-8-4-10-21-17/h3-4,7-10,12-13H,1-2,5-6,11H2/t12-,13+/m1/s1. The fraction of sp³-hybridized carbons (Fsp3) is 0.412. The molecule has 110 valence electrons. The number of Topliss-reactive ketones (excluding diaryl/α,β-unsaturated/α-hetero) is 2. The molecule has 1 aliphatic rings. The molecule has 0 radical (unpaired) electrons. The van der Waals surface area contributed by atoms with Crippen molar-refractivity contribution in [3.8, 4) is 0 Å². The van der Waals surface area contributed by atoms with Crippen LogP contribution >= 0.6 is 0 Å². The highest BCUT2D eigenvalue weighted by Crippen LogP contribution is 2.37. The number of hydrogen-bond donors (Lipinski definition) is 0. The Kier molecular flexibility index (Phi) is 4.04. The van der Waals surface area contributed by atoms with Crippen LogP contribution < -0.4 is 0 Å². The van der Waals surface area contributed by atoms with Gasteiger partial charge in [0, 0.05) is 24.7 Å². The lowest BCUT2D eigenvalue weighted by Crippen LogP contribution is -2.27. The highest BCUT2D eigenvalue weighted by Gasteiger charge is 2.34. The Labute approximate surface area is 123 Å². The smallest absolute Gasteiger partial charge is 0.198 e. The van der Waals surface area contributed by atoms with Crippen LogP contribution in [-0.2, 0) is 4.79 Å². The van der Waals surface area contributed by atoms with Crippen molar-refractivity contribution in [1.82, 2.24) is 0 Å². The molecule has 2 aromatic heterocycles. The molecule has 2 heterocycles. The second-order valence-electron chi connectivity index (χ2n) is 5.55. The zero-order valence-electron chi connectivity index (χ0n) is 11.8. The molecule has 0 spiro atoms. The minimum Gasteiger partial charge on any atom is -0.469 e. The van der Waals surface area contributed by atoms with Crippen molar-refractivity contribution in [2.24, 2.45) is 5.92 Å². The minimum absolute atomic E-state index is 0.0835. The number of carbonyl (C=O) groups is 2. The van der Waals surface area contributed by atoms with E-state index in [1.54, 1.807) is 24.5 Å². The lowest BCUT2D eigenvalue weighted by atomic mass is 9.75. The summed E-state index contributed by atoms with van der Waals surface area (Å²) in [5.74, 6) is 0.911. The lowest BCUT2D eigenvalue weighted by molar-refractivity contribution is -0.125. The predicted octanol–water partition coefficient (Wildman–Crippen LogP) is 3.99. The topological polar surface area (TPSA) is 60.4 Å². The Morgan fingerprint density at radius 1 is 1.19 bits per heavy atom. The number of hydrogen-bond acceptors (Lipinski definition) is 4. The van der Waals surface area contributed by atoms with Crippen molar-refractivity contribution in [3.63, 3.8) is 0 Å². The summed E-state index contributed by atoms with van der Waals surface area (Å²) in [4.78, 5) is 24.5. The van der Waals surface area contributed by atoms with Gasteiger partial charge in [-0.2, -0.15) is 0 Å². The third kappa shape index (κ3) is 2.99. The van der Waals surface area contributed by atoms with Gasteiger partial charge in [0.25, 0.3) is 0 Å². The summed E-state index contributed by atoms with van der Waals surface area (Å²) < 4.78 is 10.6. The Morgan fingerprint density at radius 3 is 2.67 bits per heavy atom. The second-order valence-corrected chi connectivity index (χ2v) is 5.55. The van der Waals surface area contributed by atoms with Crippen LogP contribution in [0.1, 0.15) is 54.3 Å². The maximum atomic E-state index is 12.3. The molecule has 1 saturated carbocycles. The molecule has 3 rings (SSSR count). The van der Waals surface area contributed by atoms with E-state index in [1.807, 2.05) is 6.07 Å². The second kappa shape index (κ2) is 6.12. The normalized spacial score (nSPS) is 20.4. The fourth-order valence-electron chi connectivity index (χ4n) is 3.12. The SMILES string of the molecule is O=C(C[C@H](c1ccco1)[C@H]1CCCCC1=O)c1ccco1. The van der Waals surface area contributed by atoms with Crippen molar-refractivity contribution < 1.29 is 18.4 Å². The summed E-state index contributed by atoms with van der Waals surface area (Å²) in [6.07, 6.45) is 6.74. The molecule has 1 fully saturated rings. The van der Waals surface area contributed by atoms with Crippen molar-refractivity contribution in [2.75, 3.05) is 0 Å². The van der Waals surface area contributed by atoms with Gasteiger partial charge >= 0.3 is 0 Å². The van der Waals surface area contributed by atoms with Crippen molar-refractivity contribution in [3.05, 3.63) is 48.3 Å². The van der Waals surface area contributed by atoms with Gasteiger partial charge in [-0.25, -0.2) is 0 Å². The van der Waals surface area contributed by atoms with Gasteiger partial charge in [0.05, 0.1) is 12.5 Å². The summed E-state index contributed by atoms with van der Waals surface area (Å²) in [6.45, 7) is 0. The van der Waals surface area contributed by atoms with Crippen LogP contribution in [0.25, 0.3) is 0 Å². The van der Waals surface area contributed by atoms with Crippen LogP contribution in [0.3, 0.4) is 0 Å². The van der Waals surface area contributed by atoms with E-state index >= 15 is 0 Å². The van der Waals surface area contributed by atoms with Crippen molar-refractivity contribution in [2.45, 2.75) is 38.0 Å². The van der Waals surface area contributed by atoms with Crippen LogP contribution in [0, 0.1) is 5.92 Å². The first-order chi connectivity index (χ1) is 10.3. The van der Waals surface area contributed by atoms with Crippen LogP contribution in [0.4, 0.5) is 0 Å². The molecule has 1 aliphatic carbocycles. The van der Waals surface area contributed by atoms with E-state index in [0.717, 1.165) is 25.0 Å². The number of carbonyl (C=O) groups excluding carboxylic acids is 2. The van der Waals surface area contributed by atoms with Crippen molar-refractivity contribution in [1.29, 1.82) is 0 Å². The largest absolute Gasteiger partial charge is 0.469 e. The van der Waals surface area contributed by atoms with Gasteiger partial charge in [0.2, 0.25) is 0 Å². The maximum Gasteiger partial charge on any atom is 0.198 e. The molecule has 0 N–H and O–H groups in total.